The molecular weight excluding hydrogens is 202 g/mol. The van der Waals surface area contributed by atoms with Gasteiger partial charge in [0.1, 0.15) is 0 Å². The van der Waals surface area contributed by atoms with Crippen LogP contribution in [0.25, 0.3) is 0 Å². The van der Waals surface area contributed by atoms with E-state index in [1.54, 1.807) is 6.08 Å². The number of rotatable bonds is 3. The van der Waals surface area contributed by atoms with E-state index in [4.69, 9.17) is 5.11 Å². The Morgan fingerprint density at radius 3 is 2.53 bits per heavy atom. The van der Waals surface area contributed by atoms with Crippen molar-refractivity contribution in [3.8, 4) is 0 Å². The minimum Gasteiger partial charge on any atom is -0.481 e. The highest BCUT2D eigenvalue weighted by Gasteiger charge is 2.60. The van der Waals surface area contributed by atoms with Gasteiger partial charge in [0.25, 0.3) is 5.92 Å². The van der Waals surface area contributed by atoms with Gasteiger partial charge in [-0.05, 0) is 25.7 Å². The van der Waals surface area contributed by atoms with E-state index in [9.17, 15) is 13.6 Å². The highest BCUT2D eigenvalue weighted by molar-refractivity contribution is 5.75. The molecule has 0 aromatic heterocycles. The van der Waals surface area contributed by atoms with Crippen molar-refractivity contribution >= 4 is 5.97 Å². The van der Waals surface area contributed by atoms with Crippen LogP contribution in [0.2, 0.25) is 0 Å². The molecule has 1 saturated carbocycles. The van der Waals surface area contributed by atoms with Crippen LogP contribution in [-0.4, -0.2) is 17.0 Å². The number of carbonyl (C=O) groups is 1. The second kappa shape index (κ2) is 3.29. The Morgan fingerprint density at radius 2 is 2.13 bits per heavy atom. The lowest BCUT2D eigenvalue weighted by Crippen LogP contribution is -2.33. The molecule has 0 aromatic rings. The number of allylic oxidation sites excluding steroid dienone is 2. The molecule has 84 valence electrons. The van der Waals surface area contributed by atoms with Gasteiger partial charge in [-0.15, -0.1) is 0 Å². The molecule has 0 amide bonds. The van der Waals surface area contributed by atoms with Gasteiger partial charge in [0.05, 0.1) is 5.41 Å². The molecule has 0 spiro atoms. The number of carboxylic acids is 1. The lowest BCUT2D eigenvalue weighted by atomic mass is 9.73. The zero-order chi connectivity index (χ0) is 11.1. The Labute approximate surface area is 87.0 Å². The Hall–Kier alpha value is -0.930. The summed E-state index contributed by atoms with van der Waals surface area (Å²) in [6.45, 7) is 0. The monoisotopic (exact) mass is 216 g/mol. The van der Waals surface area contributed by atoms with Crippen LogP contribution in [0, 0.1) is 11.3 Å². The van der Waals surface area contributed by atoms with Crippen LogP contribution in [0.15, 0.2) is 12.2 Å². The summed E-state index contributed by atoms with van der Waals surface area (Å²) < 4.78 is 25.5. The third kappa shape index (κ3) is 1.90. The normalized spacial score (nSPS) is 37.6. The third-order valence-corrected chi connectivity index (χ3v) is 3.51. The summed E-state index contributed by atoms with van der Waals surface area (Å²) in [5.41, 5.74) is -0.931. The predicted molar refractivity (Wildman–Crippen MR) is 50.7 cm³/mol. The summed E-state index contributed by atoms with van der Waals surface area (Å²) in [7, 11) is 0. The average molecular weight is 216 g/mol. The van der Waals surface area contributed by atoms with E-state index >= 15 is 0 Å². The quantitative estimate of drug-likeness (QED) is 0.736. The first-order valence-electron chi connectivity index (χ1n) is 5.22. The largest absolute Gasteiger partial charge is 0.481 e. The molecule has 0 bridgehead atoms. The van der Waals surface area contributed by atoms with Gasteiger partial charge in [-0.1, -0.05) is 12.2 Å². The molecule has 0 aliphatic heterocycles. The van der Waals surface area contributed by atoms with Crippen molar-refractivity contribution < 1.29 is 18.7 Å². The molecule has 2 rings (SSSR count). The average Bonchev–Trinajstić information content (AvgIpc) is 2.74. The molecule has 15 heavy (non-hydrogen) atoms. The Bertz CT molecular complexity index is 312. The summed E-state index contributed by atoms with van der Waals surface area (Å²) in [6, 6.07) is 0. The highest BCUT2D eigenvalue weighted by atomic mass is 19.3. The van der Waals surface area contributed by atoms with Crippen molar-refractivity contribution in [1.29, 1.82) is 0 Å². The van der Waals surface area contributed by atoms with E-state index < -0.39 is 23.2 Å². The molecule has 2 aliphatic rings. The molecule has 2 nitrogen and oxygen atoms in total. The summed E-state index contributed by atoms with van der Waals surface area (Å²) in [4.78, 5) is 11.2. The summed E-state index contributed by atoms with van der Waals surface area (Å²) in [5.74, 6) is -4.24. The highest BCUT2D eigenvalue weighted by Crippen LogP contribution is 2.56. The molecule has 1 N–H and O–H groups in total. The Balaban J connectivity index is 2.07. The SMILES string of the molecule is O=C(O)C1(CC2CC2(F)F)CC=CCC1. The molecule has 2 unspecified atom stereocenters. The fourth-order valence-corrected chi connectivity index (χ4v) is 2.32. The van der Waals surface area contributed by atoms with Gasteiger partial charge in [0.2, 0.25) is 0 Å². The molecule has 0 aromatic carbocycles. The number of hydrogen-bond acceptors (Lipinski definition) is 1. The maximum atomic E-state index is 12.8. The van der Waals surface area contributed by atoms with Crippen molar-refractivity contribution in [3.63, 3.8) is 0 Å². The van der Waals surface area contributed by atoms with Crippen molar-refractivity contribution in [3.05, 3.63) is 12.2 Å². The van der Waals surface area contributed by atoms with E-state index in [2.05, 4.69) is 0 Å². The maximum absolute atomic E-state index is 12.8. The zero-order valence-corrected chi connectivity index (χ0v) is 8.38. The zero-order valence-electron chi connectivity index (χ0n) is 8.38. The summed E-state index contributed by atoms with van der Waals surface area (Å²) in [5, 5.41) is 9.16. The van der Waals surface area contributed by atoms with E-state index in [1.165, 1.54) is 0 Å². The Morgan fingerprint density at radius 1 is 1.47 bits per heavy atom. The first-order valence-corrected chi connectivity index (χ1v) is 5.22. The number of carboxylic acid groups (broad SMARTS) is 1. The minimum absolute atomic E-state index is 0.125. The van der Waals surface area contributed by atoms with Crippen LogP contribution in [0.1, 0.15) is 32.1 Å². The van der Waals surface area contributed by atoms with Crippen LogP contribution >= 0.6 is 0 Å². The third-order valence-electron chi connectivity index (χ3n) is 3.51. The smallest absolute Gasteiger partial charge is 0.309 e. The number of halogens is 2. The van der Waals surface area contributed by atoms with Crippen LogP contribution in [0.4, 0.5) is 8.78 Å². The lowest BCUT2D eigenvalue weighted by Gasteiger charge is -2.30. The molecule has 4 heteroatoms. The van der Waals surface area contributed by atoms with Gasteiger partial charge in [-0.25, -0.2) is 8.78 Å². The molecule has 1 fully saturated rings. The van der Waals surface area contributed by atoms with Gasteiger partial charge in [0, 0.05) is 12.3 Å². The van der Waals surface area contributed by atoms with Gasteiger partial charge in [-0.3, -0.25) is 4.79 Å². The van der Waals surface area contributed by atoms with Gasteiger partial charge in [-0.2, -0.15) is 0 Å². The van der Waals surface area contributed by atoms with Crippen LogP contribution in [0.5, 0.6) is 0 Å². The number of alkyl halides is 2. The topological polar surface area (TPSA) is 37.3 Å². The summed E-state index contributed by atoms with van der Waals surface area (Å²) in [6.07, 6.45) is 5.29. The summed E-state index contributed by atoms with van der Waals surface area (Å²) >= 11 is 0. The fraction of sp³-hybridized carbons (Fsp3) is 0.727. The minimum atomic E-state index is -2.61. The molecular formula is C11H14F2O2. The molecule has 0 radical (unpaired) electrons. The first-order chi connectivity index (χ1) is 6.96. The van der Waals surface area contributed by atoms with Crippen molar-refractivity contribution in [2.45, 2.75) is 38.0 Å². The van der Waals surface area contributed by atoms with Crippen molar-refractivity contribution in [2.75, 3.05) is 0 Å². The Kier molecular flexibility index (Phi) is 2.32. The van der Waals surface area contributed by atoms with Gasteiger partial charge in [0.15, 0.2) is 0 Å². The van der Waals surface area contributed by atoms with Gasteiger partial charge < -0.3 is 5.11 Å². The lowest BCUT2D eigenvalue weighted by molar-refractivity contribution is -0.150. The molecule has 0 saturated heterocycles. The van der Waals surface area contributed by atoms with E-state index in [0.717, 1.165) is 0 Å². The molecule has 0 heterocycles. The number of aliphatic carboxylic acids is 1. The molecule has 2 atom stereocenters. The van der Waals surface area contributed by atoms with Crippen molar-refractivity contribution in [1.82, 2.24) is 0 Å². The first kappa shape index (κ1) is 10.6. The van der Waals surface area contributed by atoms with Crippen LogP contribution < -0.4 is 0 Å². The van der Waals surface area contributed by atoms with Crippen molar-refractivity contribution in [2.24, 2.45) is 11.3 Å². The second-order valence-electron chi connectivity index (χ2n) is 4.67. The maximum Gasteiger partial charge on any atom is 0.309 e. The number of hydrogen-bond donors (Lipinski definition) is 1. The van der Waals surface area contributed by atoms with Crippen LogP contribution in [-0.2, 0) is 4.79 Å². The standard InChI is InChI=1S/C11H14F2O2/c12-11(13)7-8(11)6-10(9(14)15)4-2-1-3-5-10/h1-2,8H,3-7H2,(H,14,15). The van der Waals surface area contributed by atoms with Gasteiger partial charge >= 0.3 is 5.97 Å². The fourth-order valence-electron chi connectivity index (χ4n) is 2.32. The second-order valence-corrected chi connectivity index (χ2v) is 4.67. The molecule has 2 aliphatic carbocycles. The van der Waals surface area contributed by atoms with E-state index in [1.807, 2.05) is 6.08 Å². The predicted octanol–water partition coefficient (Wildman–Crippen LogP) is 2.84. The van der Waals surface area contributed by atoms with E-state index in [0.29, 0.717) is 19.3 Å². The van der Waals surface area contributed by atoms with E-state index in [-0.39, 0.29) is 12.8 Å². The van der Waals surface area contributed by atoms with Crippen LogP contribution in [0.3, 0.4) is 0 Å².